The highest BCUT2D eigenvalue weighted by atomic mass is 32.1. The minimum atomic E-state index is -0.594. The van der Waals surface area contributed by atoms with Crippen LogP contribution >= 0.6 is 11.3 Å². The Bertz CT molecular complexity index is 1690. The first-order chi connectivity index (χ1) is 20.4. The molecule has 3 heterocycles. The molecule has 0 atom stereocenters. The molecule has 2 aromatic carbocycles. The summed E-state index contributed by atoms with van der Waals surface area (Å²) in [6.45, 7) is 3.87. The molecule has 7 nitrogen and oxygen atoms in total. The van der Waals surface area contributed by atoms with Crippen molar-refractivity contribution in [3.63, 3.8) is 0 Å². The van der Waals surface area contributed by atoms with Crippen molar-refractivity contribution in [3.8, 4) is 22.1 Å². The summed E-state index contributed by atoms with van der Waals surface area (Å²) in [5.41, 5.74) is 3.85. The fourth-order valence-corrected chi connectivity index (χ4v) is 5.48. The molecule has 1 N–H and O–H groups in total. The van der Waals surface area contributed by atoms with Gasteiger partial charge in [0, 0.05) is 44.2 Å². The highest BCUT2D eigenvalue weighted by molar-refractivity contribution is 7.22. The van der Waals surface area contributed by atoms with E-state index in [0.717, 1.165) is 45.9 Å². The van der Waals surface area contributed by atoms with E-state index in [2.05, 4.69) is 28.3 Å². The lowest BCUT2D eigenvalue weighted by atomic mass is 10.1. The molecule has 9 heteroatoms. The second kappa shape index (κ2) is 13.5. The van der Waals surface area contributed by atoms with Crippen LogP contribution in [0.25, 0.3) is 20.8 Å². The first kappa shape index (κ1) is 29.0. The highest BCUT2D eigenvalue weighted by Gasteiger charge is 2.18. The van der Waals surface area contributed by atoms with Crippen LogP contribution in [0.5, 0.6) is 11.5 Å². The molecule has 0 aliphatic heterocycles. The average Bonchev–Trinajstić information content (AvgIpc) is 3.44. The van der Waals surface area contributed by atoms with Crippen LogP contribution in [0.2, 0.25) is 0 Å². The summed E-state index contributed by atoms with van der Waals surface area (Å²) in [5, 5.41) is 3.37. The number of ketones is 1. The largest absolute Gasteiger partial charge is 0.453 e. The zero-order valence-corrected chi connectivity index (χ0v) is 24.3. The molecule has 0 bridgehead atoms. The lowest BCUT2D eigenvalue weighted by Gasteiger charge is -2.16. The number of anilines is 1. The number of carbonyl (C=O) groups is 2. The van der Waals surface area contributed by atoms with Crippen LogP contribution in [0.4, 0.5) is 10.1 Å². The standard InChI is InChI=1S/C33H31FN4O3S/c1-3-14-35-20-23-9-11-27(37-21-23)31-19-28-33(42-31)30(13-15-36-28)41-29-12-10-22(17-26(29)34)16-25(39)18-32(40)38(2)24-7-5-4-6-8-24/h4-13,15,17,19,21,35H,3,14,16,18,20H2,1-2H3. The second-order valence-corrected chi connectivity index (χ2v) is 11.0. The Morgan fingerprint density at radius 3 is 2.52 bits per heavy atom. The zero-order chi connectivity index (χ0) is 29.5. The molecule has 1 amide bonds. The highest BCUT2D eigenvalue weighted by Crippen LogP contribution is 2.39. The van der Waals surface area contributed by atoms with Gasteiger partial charge in [-0.2, -0.15) is 0 Å². The van der Waals surface area contributed by atoms with Crippen LogP contribution in [0.3, 0.4) is 0 Å². The number of amides is 1. The lowest BCUT2D eigenvalue weighted by Crippen LogP contribution is -2.28. The molecular formula is C33H31FN4O3S. The number of nitrogens with one attached hydrogen (secondary N) is 1. The zero-order valence-electron chi connectivity index (χ0n) is 23.5. The number of para-hydroxylation sites is 1. The summed E-state index contributed by atoms with van der Waals surface area (Å²) >= 11 is 1.48. The maximum atomic E-state index is 15.1. The van der Waals surface area contributed by atoms with Crippen LogP contribution in [-0.2, 0) is 22.6 Å². The Balaban J connectivity index is 1.25. The van der Waals surface area contributed by atoms with Crippen LogP contribution in [0, 0.1) is 5.82 Å². The van der Waals surface area contributed by atoms with Gasteiger partial charge in [-0.25, -0.2) is 4.39 Å². The molecule has 0 aliphatic rings. The van der Waals surface area contributed by atoms with Crippen molar-refractivity contribution >= 4 is 38.9 Å². The van der Waals surface area contributed by atoms with Gasteiger partial charge in [0.2, 0.25) is 5.91 Å². The molecule has 0 fully saturated rings. The molecule has 5 aromatic rings. The summed E-state index contributed by atoms with van der Waals surface area (Å²) in [5.74, 6) is -0.691. The number of hydrogen-bond donors (Lipinski definition) is 1. The summed E-state index contributed by atoms with van der Waals surface area (Å²) < 4.78 is 21.8. The van der Waals surface area contributed by atoms with E-state index in [1.807, 2.05) is 36.5 Å². The number of benzene rings is 2. The van der Waals surface area contributed by atoms with Gasteiger partial charge in [-0.3, -0.25) is 19.6 Å². The van der Waals surface area contributed by atoms with Gasteiger partial charge < -0.3 is 15.0 Å². The first-order valence-electron chi connectivity index (χ1n) is 13.8. The number of Topliss-reactive ketones (excluding diaryl/α,β-unsaturated/α-hetero) is 1. The number of carbonyl (C=O) groups excluding carboxylic acids is 2. The molecule has 0 unspecified atom stereocenters. The van der Waals surface area contributed by atoms with Gasteiger partial charge >= 0.3 is 0 Å². The van der Waals surface area contributed by atoms with Crippen molar-refractivity contribution in [2.75, 3.05) is 18.5 Å². The summed E-state index contributed by atoms with van der Waals surface area (Å²) in [6, 6.07) is 21.2. The van der Waals surface area contributed by atoms with Gasteiger partial charge in [0.05, 0.1) is 27.2 Å². The molecule has 0 saturated carbocycles. The van der Waals surface area contributed by atoms with Crippen molar-refractivity contribution < 1.29 is 18.7 Å². The third-order valence-electron chi connectivity index (χ3n) is 6.69. The van der Waals surface area contributed by atoms with Gasteiger partial charge in [-0.1, -0.05) is 37.3 Å². The Morgan fingerprint density at radius 1 is 0.976 bits per heavy atom. The predicted molar refractivity (Wildman–Crippen MR) is 165 cm³/mol. The fourth-order valence-electron chi connectivity index (χ4n) is 4.43. The average molecular weight is 583 g/mol. The normalized spacial score (nSPS) is 11.0. The number of pyridine rings is 2. The van der Waals surface area contributed by atoms with Crippen molar-refractivity contribution in [3.05, 3.63) is 102 Å². The molecular weight excluding hydrogens is 551 g/mol. The monoisotopic (exact) mass is 582 g/mol. The van der Waals surface area contributed by atoms with Crippen molar-refractivity contribution in [2.24, 2.45) is 0 Å². The van der Waals surface area contributed by atoms with E-state index in [1.54, 1.807) is 37.5 Å². The molecule has 0 spiro atoms. The van der Waals surface area contributed by atoms with Gasteiger partial charge in [0.25, 0.3) is 0 Å². The van der Waals surface area contributed by atoms with Crippen LogP contribution in [0.15, 0.2) is 85.2 Å². The number of ether oxygens (including phenoxy) is 1. The predicted octanol–water partition coefficient (Wildman–Crippen LogP) is 6.95. The van der Waals surface area contributed by atoms with E-state index < -0.39 is 5.82 Å². The molecule has 5 rings (SSSR count). The molecule has 0 radical (unpaired) electrons. The summed E-state index contributed by atoms with van der Waals surface area (Å²) in [7, 11) is 1.63. The number of nitrogens with zero attached hydrogens (tertiary/aromatic N) is 3. The third kappa shape index (κ3) is 7.05. The second-order valence-electron chi connectivity index (χ2n) is 9.91. The van der Waals surface area contributed by atoms with Crippen LogP contribution < -0.4 is 15.0 Å². The van der Waals surface area contributed by atoms with Gasteiger partial charge in [0.15, 0.2) is 11.6 Å². The lowest BCUT2D eigenvalue weighted by molar-refractivity contribution is -0.126. The van der Waals surface area contributed by atoms with Crippen molar-refractivity contribution in [2.45, 2.75) is 32.7 Å². The number of fused-ring (bicyclic) bond motifs is 1. The molecule has 214 valence electrons. The first-order valence-corrected chi connectivity index (χ1v) is 14.6. The Hall–Kier alpha value is -4.47. The van der Waals surface area contributed by atoms with Crippen LogP contribution in [0.1, 0.15) is 30.9 Å². The van der Waals surface area contributed by atoms with E-state index in [4.69, 9.17) is 4.74 Å². The number of rotatable bonds is 12. The Kier molecular flexibility index (Phi) is 9.31. The maximum Gasteiger partial charge on any atom is 0.234 e. The third-order valence-corrected chi connectivity index (χ3v) is 7.85. The SMILES string of the molecule is CCCNCc1ccc(-c2cc3nccc(Oc4ccc(CC(=O)CC(=O)N(C)c5ccccc5)cc4F)c3s2)nc1. The summed E-state index contributed by atoms with van der Waals surface area (Å²) in [6.07, 6.45) is 4.24. The van der Waals surface area contributed by atoms with E-state index in [9.17, 15) is 9.59 Å². The molecule has 3 aromatic heterocycles. The Morgan fingerprint density at radius 2 is 1.79 bits per heavy atom. The van der Waals surface area contributed by atoms with Crippen molar-refractivity contribution in [1.82, 2.24) is 15.3 Å². The van der Waals surface area contributed by atoms with Gasteiger partial charge in [0.1, 0.15) is 11.5 Å². The van der Waals surface area contributed by atoms with Crippen LogP contribution in [-0.4, -0.2) is 35.3 Å². The summed E-state index contributed by atoms with van der Waals surface area (Å²) in [4.78, 5) is 36.6. The minimum absolute atomic E-state index is 0.0376. The van der Waals surface area contributed by atoms with E-state index in [0.29, 0.717) is 17.0 Å². The number of thiophene rings is 1. The Labute approximate surface area is 248 Å². The fraction of sp³-hybridized carbons (Fsp3) is 0.212. The van der Waals surface area contributed by atoms with Gasteiger partial charge in [-0.05, 0) is 60.5 Å². The molecule has 0 aliphatic carbocycles. The van der Waals surface area contributed by atoms with E-state index in [1.165, 1.54) is 28.4 Å². The van der Waals surface area contributed by atoms with E-state index in [-0.39, 0.29) is 30.3 Å². The molecule has 42 heavy (non-hydrogen) atoms. The minimum Gasteiger partial charge on any atom is -0.453 e. The van der Waals surface area contributed by atoms with Crippen molar-refractivity contribution in [1.29, 1.82) is 0 Å². The number of aromatic nitrogens is 2. The maximum absolute atomic E-state index is 15.1. The number of hydrogen-bond acceptors (Lipinski definition) is 7. The molecule has 0 saturated heterocycles. The number of halogens is 1. The van der Waals surface area contributed by atoms with Gasteiger partial charge in [-0.15, -0.1) is 11.3 Å². The smallest absolute Gasteiger partial charge is 0.234 e. The quantitative estimate of drug-likeness (QED) is 0.127. The van der Waals surface area contributed by atoms with E-state index >= 15 is 4.39 Å². The topological polar surface area (TPSA) is 84.4 Å².